The number of hydrogen-bond acceptors (Lipinski definition) is 5. The molecule has 0 bridgehead atoms. The van der Waals surface area contributed by atoms with Crippen LogP contribution in [-0.2, 0) is 16.6 Å². The van der Waals surface area contributed by atoms with Crippen LogP contribution in [-0.4, -0.2) is 58.3 Å². The maximum absolute atomic E-state index is 12.5. The number of nitrogens with zero attached hydrogens (tertiary/aromatic N) is 3. The van der Waals surface area contributed by atoms with Gasteiger partial charge in [0.15, 0.2) is 0 Å². The van der Waals surface area contributed by atoms with Gasteiger partial charge >= 0.3 is 0 Å². The van der Waals surface area contributed by atoms with E-state index in [0.717, 1.165) is 15.4 Å². The lowest BCUT2D eigenvalue weighted by atomic mass is 10.1. The maximum atomic E-state index is 12.5. The van der Waals surface area contributed by atoms with Gasteiger partial charge in [-0.2, -0.15) is 5.10 Å². The Morgan fingerprint density at radius 3 is 2.65 bits per heavy atom. The first-order chi connectivity index (χ1) is 12.3. The highest BCUT2D eigenvalue weighted by Gasteiger charge is 2.24. The number of hydrazine groups is 1. The third-order valence-electron chi connectivity index (χ3n) is 4.25. The second-order valence-electron chi connectivity index (χ2n) is 6.61. The number of rotatable bonds is 3. The van der Waals surface area contributed by atoms with Crippen LogP contribution in [0.4, 0.5) is 0 Å². The van der Waals surface area contributed by atoms with E-state index in [0.29, 0.717) is 18.7 Å². The van der Waals surface area contributed by atoms with E-state index in [1.54, 1.807) is 16.9 Å². The minimum atomic E-state index is -0.388. The van der Waals surface area contributed by atoms with Gasteiger partial charge in [0.25, 0.3) is 11.8 Å². The van der Waals surface area contributed by atoms with Gasteiger partial charge < -0.3 is 4.74 Å². The predicted octanol–water partition coefficient (Wildman–Crippen LogP) is 1.21. The molecule has 2 aromatic rings. The molecule has 0 spiro atoms. The molecule has 9 heteroatoms. The van der Waals surface area contributed by atoms with Crippen molar-refractivity contribution in [2.75, 3.05) is 19.6 Å². The van der Waals surface area contributed by atoms with Crippen molar-refractivity contribution < 1.29 is 14.3 Å². The molecule has 0 unspecified atom stereocenters. The summed E-state index contributed by atoms with van der Waals surface area (Å²) in [6, 6.07) is 3.59. The summed E-state index contributed by atoms with van der Waals surface area (Å²) in [4.78, 5) is 26.7. The molecule has 2 amide bonds. The Bertz CT molecular complexity index is 827. The quantitative estimate of drug-likeness (QED) is 0.724. The molecule has 1 aromatic carbocycles. The summed E-state index contributed by atoms with van der Waals surface area (Å²) in [6.45, 7) is 5.55. The first kappa shape index (κ1) is 18.8. The average molecular weight is 424 g/mol. The van der Waals surface area contributed by atoms with E-state index in [1.807, 2.05) is 31.9 Å². The number of halogens is 1. The first-order valence-electron chi connectivity index (χ1n) is 8.41. The highest BCUT2D eigenvalue weighted by molar-refractivity contribution is 9.10. The van der Waals surface area contributed by atoms with Gasteiger partial charge in [0, 0.05) is 30.0 Å². The molecule has 0 saturated carbocycles. The molecular weight excluding hydrogens is 402 g/mol. The number of aromatic nitrogens is 2. The van der Waals surface area contributed by atoms with Gasteiger partial charge in [-0.3, -0.25) is 30.0 Å². The summed E-state index contributed by atoms with van der Waals surface area (Å²) in [7, 11) is 1.81. The molecule has 0 aliphatic carbocycles. The van der Waals surface area contributed by atoms with Crippen LogP contribution in [0.15, 0.2) is 22.8 Å². The zero-order chi connectivity index (χ0) is 18.8. The second kappa shape index (κ2) is 7.73. The molecule has 0 radical (unpaired) electrons. The molecule has 2 heterocycles. The van der Waals surface area contributed by atoms with Crippen molar-refractivity contribution >= 4 is 38.6 Å². The van der Waals surface area contributed by atoms with E-state index in [-0.39, 0.29) is 30.6 Å². The average Bonchev–Trinajstić information content (AvgIpc) is 2.92. The second-order valence-corrected chi connectivity index (χ2v) is 7.52. The van der Waals surface area contributed by atoms with Gasteiger partial charge in [0.2, 0.25) is 0 Å². The lowest BCUT2D eigenvalue weighted by Gasteiger charge is -2.34. The van der Waals surface area contributed by atoms with Crippen molar-refractivity contribution in [3.05, 3.63) is 28.4 Å². The SMILES string of the molecule is C[C@@H]1CN(CC(=O)NNC(=O)c2cc(Br)cc3c2cnn3C)C[C@H](C)O1. The fourth-order valence-corrected chi connectivity index (χ4v) is 3.70. The summed E-state index contributed by atoms with van der Waals surface area (Å²) in [5, 5.41) is 4.90. The lowest BCUT2D eigenvalue weighted by molar-refractivity contribution is -0.126. The smallest absolute Gasteiger partial charge is 0.270 e. The van der Waals surface area contributed by atoms with Gasteiger partial charge in [-0.1, -0.05) is 15.9 Å². The number of nitrogens with one attached hydrogen (secondary N) is 2. The summed E-state index contributed by atoms with van der Waals surface area (Å²) in [5.74, 6) is -0.654. The van der Waals surface area contributed by atoms with Crippen molar-refractivity contribution in [2.24, 2.45) is 7.05 Å². The van der Waals surface area contributed by atoms with E-state index in [4.69, 9.17) is 4.74 Å². The molecule has 2 atom stereocenters. The van der Waals surface area contributed by atoms with Gasteiger partial charge in [-0.15, -0.1) is 0 Å². The third kappa shape index (κ3) is 4.22. The monoisotopic (exact) mass is 423 g/mol. The largest absolute Gasteiger partial charge is 0.373 e. The number of hydrogen-bond donors (Lipinski definition) is 2. The lowest BCUT2D eigenvalue weighted by Crippen LogP contribution is -2.51. The summed E-state index contributed by atoms with van der Waals surface area (Å²) in [5.41, 5.74) is 6.24. The molecule has 1 saturated heterocycles. The molecule has 140 valence electrons. The van der Waals surface area contributed by atoms with Crippen LogP contribution in [0.5, 0.6) is 0 Å². The summed E-state index contributed by atoms with van der Waals surface area (Å²) < 4.78 is 8.11. The fourth-order valence-electron chi connectivity index (χ4n) is 3.25. The summed E-state index contributed by atoms with van der Waals surface area (Å²) in [6.07, 6.45) is 1.80. The maximum Gasteiger partial charge on any atom is 0.270 e. The number of aryl methyl sites for hydroxylation is 1. The van der Waals surface area contributed by atoms with Crippen molar-refractivity contribution in [3.63, 3.8) is 0 Å². The predicted molar refractivity (Wildman–Crippen MR) is 100 cm³/mol. The van der Waals surface area contributed by atoms with Crippen LogP contribution in [0.25, 0.3) is 10.9 Å². The Kier molecular flexibility index (Phi) is 5.59. The third-order valence-corrected chi connectivity index (χ3v) is 4.71. The molecule has 3 rings (SSSR count). The van der Waals surface area contributed by atoms with Gasteiger partial charge in [0.1, 0.15) is 0 Å². The molecule has 1 aromatic heterocycles. The van der Waals surface area contributed by atoms with Crippen molar-refractivity contribution in [1.29, 1.82) is 0 Å². The van der Waals surface area contributed by atoms with E-state index in [2.05, 4.69) is 31.9 Å². The van der Waals surface area contributed by atoms with Crippen LogP contribution in [0, 0.1) is 0 Å². The highest BCUT2D eigenvalue weighted by Crippen LogP contribution is 2.23. The Morgan fingerprint density at radius 2 is 1.96 bits per heavy atom. The van der Waals surface area contributed by atoms with E-state index in [9.17, 15) is 9.59 Å². The Morgan fingerprint density at radius 1 is 1.27 bits per heavy atom. The molecule has 26 heavy (non-hydrogen) atoms. The zero-order valence-corrected chi connectivity index (χ0v) is 16.5. The number of fused-ring (bicyclic) bond motifs is 1. The van der Waals surface area contributed by atoms with Crippen molar-refractivity contribution in [3.8, 4) is 0 Å². The topological polar surface area (TPSA) is 88.5 Å². The molecule has 8 nitrogen and oxygen atoms in total. The van der Waals surface area contributed by atoms with Gasteiger partial charge in [-0.25, -0.2) is 0 Å². The fraction of sp³-hybridized carbons (Fsp3) is 0.471. The number of carbonyl (C=O) groups is 2. The van der Waals surface area contributed by atoms with E-state index < -0.39 is 0 Å². The molecule has 1 fully saturated rings. The Hall–Kier alpha value is -1.97. The van der Waals surface area contributed by atoms with E-state index >= 15 is 0 Å². The van der Waals surface area contributed by atoms with Crippen LogP contribution in [0.3, 0.4) is 0 Å². The van der Waals surface area contributed by atoms with Crippen LogP contribution in [0.2, 0.25) is 0 Å². The number of ether oxygens (including phenoxy) is 1. The normalized spacial score (nSPS) is 20.9. The number of benzene rings is 1. The molecule has 1 aliphatic heterocycles. The minimum absolute atomic E-state index is 0.0849. The number of amides is 2. The standard InChI is InChI=1S/C17H22BrN5O3/c1-10-7-23(8-11(2)26-10)9-16(24)20-21-17(25)13-4-12(18)5-15-14(13)6-19-22(15)3/h4-6,10-11H,7-9H2,1-3H3,(H,20,24)(H,21,25)/t10-,11+. The zero-order valence-electron chi connectivity index (χ0n) is 15.0. The summed E-state index contributed by atoms with van der Waals surface area (Å²) >= 11 is 3.40. The van der Waals surface area contributed by atoms with Crippen LogP contribution >= 0.6 is 15.9 Å². The van der Waals surface area contributed by atoms with Crippen molar-refractivity contribution in [1.82, 2.24) is 25.5 Å². The number of morpholine rings is 1. The first-order valence-corrected chi connectivity index (χ1v) is 9.21. The van der Waals surface area contributed by atoms with Gasteiger partial charge in [0.05, 0.1) is 36.0 Å². The minimum Gasteiger partial charge on any atom is -0.373 e. The van der Waals surface area contributed by atoms with E-state index in [1.165, 1.54) is 0 Å². The molecule has 1 aliphatic rings. The molecule has 2 N–H and O–H groups in total. The highest BCUT2D eigenvalue weighted by atomic mass is 79.9. The number of carbonyl (C=O) groups excluding carboxylic acids is 2. The van der Waals surface area contributed by atoms with Gasteiger partial charge in [-0.05, 0) is 26.0 Å². The van der Waals surface area contributed by atoms with Crippen molar-refractivity contribution in [2.45, 2.75) is 26.1 Å². The Balaban J connectivity index is 1.61. The van der Waals surface area contributed by atoms with Crippen LogP contribution in [0.1, 0.15) is 24.2 Å². The molecular formula is C17H22BrN5O3. The Labute approximate surface area is 159 Å². The van der Waals surface area contributed by atoms with Crippen LogP contribution < -0.4 is 10.9 Å².